The van der Waals surface area contributed by atoms with Gasteiger partial charge in [0.05, 0.1) is 59.7 Å². The van der Waals surface area contributed by atoms with E-state index >= 15 is 0 Å². The van der Waals surface area contributed by atoms with Gasteiger partial charge in [0, 0.05) is 125 Å². The molecule has 0 aliphatic rings. The van der Waals surface area contributed by atoms with Crippen molar-refractivity contribution in [2.45, 2.75) is 13.8 Å². The molecular weight excluding hydrogens is 959 g/mol. The number of carbonyl (C=O) groups excluding carboxylic acids is 2. The second-order valence-electron chi connectivity index (χ2n) is 18.9. The minimum atomic E-state index is -0.305. The molecule has 0 saturated heterocycles. The number of ether oxygens (including phenoxy) is 2. The van der Waals surface area contributed by atoms with Crippen molar-refractivity contribution < 1.29 is 19.1 Å². The molecule has 5 aromatic heterocycles. The molecule has 2 amide bonds. The molecule has 0 aliphatic heterocycles. The minimum Gasteiger partial charge on any atom is -0.494 e. The second-order valence-corrected chi connectivity index (χ2v) is 18.9. The van der Waals surface area contributed by atoms with E-state index in [4.69, 9.17) is 19.4 Å². The third kappa shape index (κ3) is 13.1. The van der Waals surface area contributed by atoms with Gasteiger partial charge < -0.3 is 59.5 Å². The molecule has 0 aliphatic carbocycles. The summed E-state index contributed by atoms with van der Waals surface area (Å²) in [5, 5.41) is 14.6. The molecule has 4 N–H and O–H groups in total. The Labute approximate surface area is 444 Å². The highest BCUT2D eigenvalue weighted by atomic mass is 16.5. The Bertz CT molecular complexity index is 3180. The van der Waals surface area contributed by atoms with Crippen LogP contribution in [0.3, 0.4) is 0 Å². The lowest BCUT2D eigenvalue weighted by Gasteiger charge is -2.26. The van der Waals surface area contributed by atoms with Gasteiger partial charge >= 0.3 is 0 Å². The number of hydrogen-bond acceptors (Lipinski definition) is 15. The smallest absolute Gasteiger partial charge is 0.247 e. The molecule has 0 fully saturated rings. The summed E-state index contributed by atoms with van der Waals surface area (Å²) in [4.78, 5) is 55.8. The van der Waals surface area contributed by atoms with Gasteiger partial charge in [-0.2, -0.15) is 0 Å². The molecule has 0 spiro atoms. The van der Waals surface area contributed by atoms with Crippen LogP contribution in [0.2, 0.25) is 0 Å². The number of methoxy groups -OCH3 is 2. The maximum Gasteiger partial charge on any atom is 0.247 e. The van der Waals surface area contributed by atoms with Crippen molar-refractivity contribution in [3.05, 3.63) is 128 Å². The summed E-state index contributed by atoms with van der Waals surface area (Å²) >= 11 is 0. The average molecular weight is 1030 g/mol. The number of fused-ring (bicyclic) bond motifs is 2. The van der Waals surface area contributed by atoms with Crippen molar-refractivity contribution in [1.29, 1.82) is 0 Å². The van der Waals surface area contributed by atoms with Crippen LogP contribution in [0, 0.1) is 13.8 Å². The van der Waals surface area contributed by atoms with E-state index < -0.39 is 0 Å². The van der Waals surface area contributed by atoms with Gasteiger partial charge in [0.15, 0.2) is 0 Å². The first-order valence-corrected chi connectivity index (χ1v) is 24.6. The van der Waals surface area contributed by atoms with Gasteiger partial charge in [0.25, 0.3) is 0 Å². The highest BCUT2D eigenvalue weighted by molar-refractivity contribution is 6.03. The van der Waals surface area contributed by atoms with Crippen LogP contribution >= 0.6 is 0 Å². The quantitative estimate of drug-likeness (QED) is 0.0529. The van der Waals surface area contributed by atoms with Crippen molar-refractivity contribution >= 4 is 79.8 Å². The molecule has 0 atom stereocenters. The van der Waals surface area contributed by atoms with E-state index in [1.54, 1.807) is 26.6 Å². The van der Waals surface area contributed by atoms with Crippen LogP contribution < -0.4 is 40.5 Å². The van der Waals surface area contributed by atoms with Gasteiger partial charge in [-0.1, -0.05) is 19.2 Å². The first-order valence-electron chi connectivity index (χ1n) is 24.6. The molecule has 5 heterocycles. The molecule has 19 nitrogen and oxygen atoms in total. The van der Waals surface area contributed by atoms with Crippen LogP contribution in [0.1, 0.15) is 11.1 Å². The molecule has 0 radical (unpaired) electrons. The molecule has 0 bridgehead atoms. The Balaban J connectivity index is 0.000000221. The van der Waals surface area contributed by atoms with Crippen molar-refractivity contribution in [2.75, 3.05) is 114 Å². The summed E-state index contributed by atoms with van der Waals surface area (Å²) in [5.74, 6) is 1.39. The third-order valence-corrected chi connectivity index (χ3v) is 12.7. The minimum absolute atomic E-state index is 0.298. The SMILES string of the molecule is C=CC(=O)Nc1cc(Nc2nccc(-c3ccc4c(c3)c(C)cn4C)n2)c(OC)cc1N(C)CCN(C)C.C=CC(=O)Nc1cc(Nc2nccc(-c3cnc4c(c3)c(C)cn4C)n2)c(OC)cc1N(C)CCN(C)C. The molecule has 0 saturated carbocycles. The Morgan fingerprint density at radius 1 is 0.592 bits per heavy atom. The van der Waals surface area contributed by atoms with Gasteiger partial charge in [-0.3, -0.25) is 9.59 Å². The predicted octanol–water partition coefficient (Wildman–Crippen LogP) is 9.03. The van der Waals surface area contributed by atoms with Crippen molar-refractivity contribution in [1.82, 2.24) is 43.9 Å². The molecule has 76 heavy (non-hydrogen) atoms. The summed E-state index contributed by atoms with van der Waals surface area (Å²) in [6, 6.07) is 19.6. The van der Waals surface area contributed by atoms with Crippen molar-refractivity contribution in [3.63, 3.8) is 0 Å². The van der Waals surface area contributed by atoms with Crippen molar-refractivity contribution in [3.8, 4) is 34.0 Å². The number of anilines is 8. The first-order chi connectivity index (χ1) is 36.4. The maximum absolute atomic E-state index is 12.2. The van der Waals surface area contributed by atoms with E-state index in [2.05, 4.69) is 124 Å². The van der Waals surface area contributed by atoms with Gasteiger partial charge in [0.1, 0.15) is 17.1 Å². The molecule has 3 aromatic carbocycles. The number of nitrogens with one attached hydrogen (secondary N) is 4. The molecule has 8 rings (SSSR count). The Hall–Kier alpha value is -8.81. The molecular formula is C57H69N15O4. The second kappa shape index (κ2) is 24.5. The van der Waals surface area contributed by atoms with E-state index in [9.17, 15) is 9.59 Å². The van der Waals surface area contributed by atoms with E-state index in [1.165, 1.54) is 28.6 Å². The monoisotopic (exact) mass is 1030 g/mol. The summed E-state index contributed by atoms with van der Waals surface area (Å²) in [6.45, 7) is 14.5. The number of likely N-dealkylation sites (N-methyl/N-ethyl adjacent to an activating group) is 4. The summed E-state index contributed by atoms with van der Waals surface area (Å²) in [5.41, 5.74) is 12.0. The van der Waals surface area contributed by atoms with Crippen LogP contribution in [0.5, 0.6) is 11.5 Å². The summed E-state index contributed by atoms with van der Waals surface area (Å²) in [7, 11) is 19.3. The average Bonchev–Trinajstić information content (AvgIpc) is 3.87. The lowest BCUT2D eigenvalue weighted by Crippen LogP contribution is -2.29. The largest absolute Gasteiger partial charge is 0.494 e. The lowest BCUT2D eigenvalue weighted by atomic mass is 10.1. The zero-order valence-corrected chi connectivity index (χ0v) is 45.6. The predicted molar refractivity (Wildman–Crippen MR) is 309 cm³/mol. The Kier molecular flexibility index (Phi) is 17.7. The normalized spacial score (nSPS) is 11.0. The summed E-state index contributed by atoms with van der Waals surface area (Å²) in [6.07, 6.45) is 11.9. The van der Waals surface area contributed by atoms with E-state index in [0.717, 1.165) is 76.7 Å². The standard InChI is InChI=1S/C29H35N7O2.C28H34N8O2/c1-8-28(37)31-23-16-24(27(38-7)17-26(23)35(5)14-13-34(3)4)33-29-30-12-11-22(32-29)20-9-10-25-21(15-20)19(2)18-36(25)6;1-8-26(37)31-22-14-23(25(38-7)15-24(22)35(5)12-11-34(3)4)33-28-29-10-9-21(32-28)19-13-20-18(2)17-36(6)27(20)30-16-19/h8-12,15-18H,1,13-14H2,2-7H3,(H,31,37)(H,30,32,33);8-10,13-17H,1,11-12H2,2-7H3,(H,31,37)(H,29,32,33). The Morgan fingerprint density at radius 3 is 1.55 bits per heavy atom. The van der Waals surface area contributed by atoms with Crippen LogP contribution in [0.15, 0.2) is 117 Å². The van der Waals surface area contributed by atoms with Gasteiger partial charge in [-0.15, -0.1) is 0 Å². The fourth-order valence-corrected chi connectivity index (χ4v) is 8.55. The van der Waals surface area contributed by atoms with Gasteiger partial charge in [0.2, 0.25) is 23.7 Å². The number of nitrogens with zero attached hydrogens (tertiary/aromatic N) is 11. The van der Waals surface area contributed by atoms with E-state index in [1.807, 2.05) is 104 Å². The highest BCUT2D eigenvalue weighted by Gasteiger charge is 2.19. The molecule has 19 heteroatoms. The van der Waals surface area contributed by atoms with E-state index in [0.29, 0.717) is 46.1 Å². The number of aryl methyl sites for hydroxylation is 4. The number of amides is 2. The van der Waals surface area contributed by atoms with Crippen LogP contribution in [0.25, 0.3) is 44.5 Å². The number of hydrogen-bond donors (Lipinski definition) is 4. The first kappa shape index (κ1) is 55.0. The zero-order chi connectivity index (χ0) is 54.8. The molecule has 396 valence electrons. The van der Waals surface area contributed by atoms with Gasteiger partial charge in [-0.25, -0.2) is 24.9 Å². The molecule has 8 aromatic rings. The highest BCUT2D eigenvalue weighted by Crippen LogP contribution is 2.40. The number of benzene rings is 3. The lowest BCUT2D eigenvalue weighted by molar-refractivity contribution is -0.112. The fraction of sp³-hybridized carbons (Fsp3) is 0.281. The number of rotatable bonds is 20. The zero-order valence-electron chi connectivity index (χ0n) is 45.6. The van der Waals surface area contributed by atoms with Gasteiger partial charge in [-0.05, 0) is 108 Å². The maximum atomic E-state index is 12.2. The van der Waals surface area contributed by atoms with Crippen LogP contribution in [-0.2, 0) is 23.7 Å². The molecule has 0 unspecified atom stereocenters. The Morgan fingerprint density at radius 2 is 1.07 bits per heavy atom. The van der Waals surface area contributed by atoms with Crippen LogP contribution in [0.4, 0.5) is 46.0 Å². The number of pyridine rings is 1. The third-order valence-electron chi connectivity index (χ3n) is 12.7. The van der Waals surface area contributed by atoms with Crippen LogP contribution in [-0.4, -0.2) is 138 Å². The number of carbonyl (C=O) groups is 2. The number of aromatic nitrogens is 7. The fourth-order valence-electron chi connectivity index (χ4n) is 8.55. The summed E-state index contributed by atoms with van der Waals surface area (Å²) < 4.78 is 15.5. The topological polar surface area (TPSA) is 188 Å². The van der Waals surface area contributed by atoms with E-state index in [-0.39, 0.29) is 11.8 Å². The van der Waals surface area contributed by atoms with Crippen molar-refractivity contribution in [2.24, 2.45) is 14.1 Å².